The highest BCUT2D eigenvalue weighted by atomic mass is 19.1. The Morgan fingerprint density at radius 3 is 2.49 bits per heavy atom. The smallest absolute Gasteiger partial charge is 0.328 e. The number of nitrogens with zero attached hydrogens (tertiary/aromatic N) is 2. The van der Waals surface area contributed by atoms with Crippen LogP contribution < -0.4 is 4.74 Å². The average Bonchev–Trinajstić information content (AvgIpc) is 3.68. The molecule has 0 atom stereocenters. The van der Waals surface area contributed by atoms with Gasteiger partial charge in [-0.2, -0.15) is 14.8 Å². The van der Waals surface area contributed by atoms with Crippen molar-refractivity contribution in [3.05, 3.63) is 100 Å². The van der Waals surface area contributed by atoms with E-state index in [4.69, 9.17) is 9.84 Å². The fourth-order valence-corrected chi connectivity index (χ4v) is 4.55. The number of hydrogen-bond acceptors (Lipinski definition) is 4. The number of aromatic nitrogens is 2. The number of nitriles is 1. The van der Waals surface area contributed by atoms with Gasteiger partial charge in [0.25, 0.3) is 0 Å². The number of halogens is 2. The summed E-state index contributed by atoms with van der Waals surface area (Å²) in [6, 6.07) is 17.2. The molecule has 37 heavy (non-hydrogen) atoms. The summed E-state index contributed by atoms with van der Waals surface area (Å²) >= 11 is 0. The van der Waals surface area contributed by atoms with E-state index in [0.29, 0.717) is 44.7 Å². The van der Waals surface area contributed by atoms with Crippen molar-refractivity contribution < 1.29 is 23.4 Å². The number of nitrogens with one attached hydrogen (secondary N) is 1. The molecular weight excluding hydrogens is 476 g/mol. The van der Waals surface area contributed by atoms with Gasteiger partial charge in [0.2, 0.25) is 5.95 Å². The first kappa shape index (κ1) is 23.9. The number of hydrogen-bond donors (Lipinski definition) is 2. The van der Waals surface area contributed by atoms with Crippen LogP contribution >= 0.6 is 0 Å². The zero-order valence-corrected chi connectivity index (χ0v) is 19.8. The van der Waals surface area contributed by atoms with Crippen LogP contribution in [0, 0.1) is 29.0 Å². The monoisotopic (exact) mass is 497 g/mol. The molecule has 184 valence electrons. The normalized spacial score (nSPS) is 14.0. The molecule has 0 spiro atoms. The molecule has 8 heteroatoms. The summed E-state index contributed by atoms with van der Waals surface area (Å²) in [6.07, 6.45) is 4.19. The van der Waals surface area contributed by atoms with E-state index < -0.39 is 17.7 Å². The standard InChI is InChI=1S/C29H21F2N3O3/c1-37-19-9-10-21(23(30)14-19)27(18-7-8-18)26(17-5-2-16(3-6-17)4-13-25(35)36)20-11-12-24-28(22(20)15-32)29(31)34-33-24/h2-6,9-14,18H,7-8H2,1H3,(H,33,34)(H,35,36)/b13-4+,27-26?. The Morgan fingerprint density at radius 1 is 1.14 bits per heavy atom. The number of benzene rings is 3. The molecule has 0 saturated heterocycles. The third kappa shape index (κ3) is 4.59. The van der Waals surface area contributed by atoms with Gasteiger partial charge in [-0.1, -0.05) is 30.3 Å². The second-order valence-corrected chi connectivity index (χ2v) is 8.73. The molecule has 1 fully saturated rings. The Labute approximate surface area is 211 Å². The van der Waals surface area contributed by atoms with Gasteiger partial charge in [-0.15, -0.1) is 0 Å². The molecule has 0 aliphatic heterocycles. The third-order valence-electron chi connectivity index (χ3n) is 6.40. The highest BCUT2D eigenvalue weighted by Gasteiger charge is 2.33. The van der Waals surface area contributed by atoms with E-state index in [1.165, 1.54) is 19.3 Å². The van der Waals surface area contributed by atoms with E-state index in [0.717, 1.165) is 18.9 Å². The van der Waals surface area contributed by atoms with Gasteiger partial charge < -0.3 is 9.84 Å². The Bertz CT molecular complexity index is 1620. The first-order valence-corrected chi connectivity index (χ1v) is 11.6. The maximum atomic E-state index is 15.4. The van der Waals surface area contributed by atoms with Crippen LogP contribution in [0.4, 0.5) is 8.78 Å². The van der Waals surface area contributed by atoms with Crippen molar-refractivity contribution in [2.45, 2.75) is 12.8 Å². The van der Waals surface area contributed by atoms with E-state index in [9.17, 15) is 14.4 Å². The summed E-state index contributed by atoms with van der Waals surface area (Å²) in [4.78, 5) is 10.9. The maximum absolute atomic E-state index is 15.4. The summed E-state index contributed by atoms with van der Waals surface area (Å²) in [5.41, 5.74) is 3.92. The van der Waals surface area contributed by atoms with Crippen molar-refractivity contribution in [2.75, 3.05) is 7.11 Å². The van der Waals surface area contributed by atoms with Crippen LogP contribution in [0.15, 0.2) is 60.7 Å². The topological polar surface area (TPSA) is 99.0 Å². The van der Waals surface area contributed by atoms with Crippen molar-refractivity contribution in [3.8, 4) is 11.8 Å². The van der Waals surface area contributed by atoms with Gasteiger partial charge in [0, 0.05) is 23.3 Å². The molecule has 4 aromatic rings. The lowest BCUT2D eigenvalue weighted by atomic mass is 9.84. The molecule has 1 aliphatic rings. The van der Waals surface area contributed by atoms with E-state index >= 15 is 4.39 Å². The van der Waals surface area contributed by atoms with E-state index in [1.807, 2.05) is 0 Å². The van der Waals surface area contributed by atoms with E-state index in [-0.39, 0.29) is 16.9 Å². The fraction of sp³-hybridized carbons (Fsp3) is 0.138. The van der Waals surface area contributed by atoms with Gasteiger partial charge >= 0.3 is 5.97 Å². The van der Waals surface area contributed by atoms with Gasteiger partial charge in [0.05, 0.1) is 23.6 Å². The Kier molecular flexibility index (Phi) is 6.28. The van der Waals surface area contributed by atoms with Crippen molar-refractivity contribution in [1.29, 1.82) is 5.26 Å². The van der Waals surface area contributed by atoms with Gasteiger partial charge in [-0.3, -0.25) is 5.10 Å². The zero-order valence-electron chi connectivity index (χ0n) is 19.8. The van der Waals surface area contributed by atoms with Crippen LogP contribution in [-0.2, 0) is 4.79 Å². The lowest BCUT2D eigenvalue weighted by Crippen LogP contribution is -2.02. The van der Waals surface area contributed by atoms with Crippen LogP contribution in [0.5, 0.6) is 5.75 Å². The predicted molar refractivity (Wildman–Crippen MR) is 135 cm³/mol. The largest absolute Gasteiger partial charge is 0.497 e. The van der Waals surface area contributed by atoms with Gasteiger partial charge in [-0.05, 0) is 65.3 Å². The van der Waals surface area contributed by atoms with Gasteiger partial charge in [-0.25, -0.2) is 9.18 Å². The summed E-state index contributed by atoms with van der Waals surface area (Å²) < 4.78 is 35.3. The van der Waals surface area contributed by atoms with Crippen LogP contribution in [-0.4, -0.2) is 28.4 Å². The number of methoxy groups -OCH3 is 1. The average molecular weight is 498 g/mol. The van der Waals surface area contributed by atoms with Gasteiger partial charge in [0.1, 0.15) is 17.6 Å². The van der Waals surface area contributed by atoms with Crippen molar-refractivity contribution in [1.82, 2.24) is 10.2 Å². The number of ether oxygens (including phenoxy) is 1. The summed E-state index contributed by atoms with van der Waals surface area (Å²) in [7, 11) is 1.46. The predicted octanol–water partition coefficient (Wildman–Crippen LogP) is 6.19. The summed E-state index contributed by atoms with van der Waals surface area (Å²) in [6.45, 7) is 0. The first-order valence-electron chi connectivity index (χ1n) is 11.6. The number of carbonyl (C=O) groups is 1. The quantitative estimate of drug-likeness (QED) is 0.234. The Morgan fingerprint density at radius 2 is 1.86 bits per heavy atom. The number of carboxylic acids is 1. The number of carboxylic acid groups (broad SMARTS) is 1. The number of aliphatic carboxylic acids is 1. The minimum atomic E-state index is -1.07. The zero-order chi connectivity index (χ0) is 26.1. The lowest BCUT2D eigenvalue weighted by molar-refractivity contribution is -0.131. The molecular formula is C29H21F2N3O3. The van der Waals surface area contributed by atoms with Crippen molar-refractivity contribution >= 4 is 34.1 Å². The SMILES string of the molecule is COc1ccc(C(=C(c2ccc(/C=C/C(=O)O)cc2)c2ccc3n[nH]c(F)c3c2C#N)C2CC2)c(F)c1. The van der Waals surface area contributed by atoms with Crippen molar-refractivity contribution in [2.24, 2.45) is 5.92 Å². The molecule has 1 heterocycles. The van der Waals surface area contributed by atoms with Crippen LogP contribution in [0.25, 0.3) is 28.1 Å². The Balaban J connectivity index is 1.82. The molecule has 0 bridgehead atoms. The summed E-state index contributed by atoms with van der Waals surface area (Å²) in [5.74, 6) is -1.82. The van der Waals surface area contributed by atoms with Crippen molar-refractivity contribution in [3.63, 3.8) is 0 Å². The number of aromatic amines is 1. The first-order chi connectivity index (χ1) is 17.9. The minimum Gasteiger partial charge on any atom is -0.497 e. The van der Waals surface area contributed by atoms with Gasteiger partial charge in [0.15, 0.2) is 0 Å². The highest BCUT2D eigenvalue weighted by molar-refractivity contribution is 6.04. The molecule has 0 amide bonds. The second kappa shape index (κ2) is 9.70. The molecule has 3 aromatic carbocycles. The molecule has 2 N–H and O–H groups in total. The van der Waals surface area contributed by atoms with E-state index in [1.54, 1.807) is 48.5 Å². The number of rotatable bonds is 7. The fourth-order valence-electron chi connectivity index (χ4n) is 4.55. The second-order valence-electron chi connectivity index (χ2n) is 8.73. The summed E-state index contributed by atoms with van der Waals surface area (Å²) in [5, 5.41) is 25.4. The molecule has 0 radical (unpaired) electrons. The third-order valence-corrected chi connectivity index (χ3v) is 6.40. The number of allylic oxidation sites excluding steroid dienone is 1. The molecule has 0 unspecified atom stereocenters. The molecule has 1 saturated carbocycles. The molecule has 5 rings (SSSR count). The highest BCUT2D eigenvalue weighted by Crippen LogP contribution is 2.49. The molecule has 1 aromatic heterocycles. The maximum Gasteiger partial charge on any atom is 0.328 e. The lowest BCUT2D eigenvalue weighted by Gasteiger charge is -2.19. The van der Waals surface area contributed by atoms with E-state index in [2.05, 4.69) is 16.3 Å². The number of H-pyrrole nitrogens is 1. The Hall–Kier alpha value is -4.77. The van der Waals surface area contributed by atoms with Crippen LogP contribution in [0.3, 0.4) is 0 Å². The van der Waals surface area contributed by atoms with Crippen LogP contribution in [0.1, 0.15) is 40.7 Å². The number of fused-ring (bicyclic) bond motifs is 1. The molecule has 6 nitrogen and oxygen atoms in total. The van der Waals surface area contributed by atoms with Crippen LogP contribution in [0.2, 0.25) is 0 Å². The minimum absolute atomic E-state index is 0.0425. The molecule has 1 aliphatic carbocycles.